The minimum Gasteiger partial charge on any atom is -0.508 e. The summed E-state index contributed by atoms with van der Waals surface area (Å²) in [5.41, 5.74) is 1.71. The third-order valence-electron chi connectivity index (χ3n) is 3.68. The molecule has 0 radical (unpaired) electrons. The van der Waals surface area contributed by atoms with Gasteiger partial charge < -0.3 is 15.3 Å². The topological polar surface area (TPSA) is 76.4 Å². The highest BCUT2D eigenvalue weighted by atomic mass is 16.3. The van der Waals surface area contributed by atoms with Crippen LogP contribution in [0.1, 0.15) is 19.4 Å². The van der Waals surface area contributed by atoms with E-state index in [0.717, 1.165) is 5.56 Å². The molecule has 0 unspecified atom stereocenters. The van der Waals surface area contributed by atoms with E-state index in [-0.39, 0.29) is 23.3 Å². The lowest BCUT2D eigenvalue weighted by Crippen LogP contribution is -2.37. The van der Waals surface area contributed by atoms with E-state index in [0.29, 0.717) is 12.2 Å². The summed E-state index contributed by atoms with van der Waals surface area (Å²) in [7, 11) is 0. The monoisotopic (exact) mass is 335 g/mol. The second kappa shape index (κ2) is 8.55. The predicted molar refractivity (Wildman–Crippen MR) is 97.6 cm³/mol. The molecule has 5 heteroatoms. The Bertz CT molecular complexity index is 775. The maximum atomic E-state index is 12.8. The Balaban J connectivity index is 2.15. The summed E-state index contributed by atoms with van der Waals surface area (Å²) < 4.78 is 0. The van der Waals surface area contributed by atoms with E-state index in [2.05, 4.69) is 5.32 Å². The van der Waals surface area contributed by atoms with Crippen LogP contribution < -0.4 is 5.32 Å². The van der Waals surface area contributed by atoms with Crippen molar-refractivity contribution in [2.75, 3.05) is 5.32 Å². The molecular weight excluding hydrogens is 314 g/mol. The number of hydrogen-bond acceptors (Lipinski definition) is 4. The number of rotatable bonds is 6. The summed E-state index contributed by atoms with van der Waals surface area (Å²) in [6.07, 6.45) is 1.40. The molecule has 0 saturated heterocycles. The van der Waals surface area contributed by atoms with Crippen molar-refractivity contribution in [1.29, 1.82) is 5.26 Å². The lowest BCUT2D eigenvalue weighted by Gasteiger charge is -2.26. The zero-order chi connectivity index (χ0) is 18.2. The van der Waals surface area contributed by atoms with Gasteiger partial charge in [0.2, 0.25) is 0 Å². The van der Waals surface area contributed by atoms with Crippen LogP contribution in [-0.2, 0) is 11.3 Å². The van der Waals surface area contributed by atoms with E-state index >= 15 is 0 Å². The van der Waals surface area contributed by atoms with Gasteiger partial charge in [0.05, 0.1) is 0 Å². The van der Waals surface area contributed by atoms with Crippen LogP contribution >= 0.6 is 0 Å². The Hall–Kier alpha value is -3.26. The van der Waals surface area contributed by atoms with Gasteiger partial charge in [-0.25, -0.2) is 0 Å². The van der Waals surface area contributed by atoms with E-state index in [9.17, 15) is 15.2 Å². The van der Waals surface area contributed by atoms with E-state index in [4.69, 9.17) is 0 Å². The summed E-state index contributed by atoms with van der Waals surface area (Å²) in [5.74, 6) is -0.174. The lowest BCUT2D eigenvalue weighted by atomic mass is 10.1. The van der Waals surface area contributed by atoms with Gasteiger partial charge in [0.1, 0.15) is 17.4 Å². The fourth-order valence-electron chi connectivity index (χ4n) is 2.28. The second-order valence-corrected chi connectivity index (χ2v) is 5.87. The van der Waals surface area contributed by atoms with E-state index in [1.807, 2.05) is 50.2 Å². The Labute approximate surface area is 147 Å². The maximum Gasteiger partial charge on any atom is 0.266 e. The Morgan fingerprint density at radius 2 is 1.84 bits per heavy atom. The van der Waals surface area contributed by atoms with Crippen LogP contribution in [-0.4, -0.2) is 22.0 Å². The van der Waals surface area contributed by atoms with Gasteiger partial charge >= 0.3 is 0 Å². The molecule has 2 aromatic carbocycles. The average molecular weight is 335 g/mol. The molecule has 0 spiro atoms. The zero-order valence-electron chi connectivity index (χ0n) is 14.3. The van der Waals surface area contributed by atoms with Crippen molar-refractivity contribution in [2.45, 2.75) is 26.4 Å². The van der Waals surface area contributed by atoms with Crippen molar-refractivity contribution in [2.24, 2.45) is 0 Å². The molecule has 25 heavy (non-hydrogen) atoms. The molecule has 0 aliphatic rings. The summed E-state index contributed by atoms with van der Waals surface area (Å²) in [6, 6.07) is 18.0. The number of carbonyl (C=O) groups excluding carboxylic acids is 1. The molecule has 2 N–H and O–H groups in total. The van der Waals surface area contributed by atoms with Gasteiger partial charge in [-0.1, -0.05) is 30.3 Å². The Morgan fingerprint density at radius 3 is 2.40 bits per heavy atom. The van der Waals surface area contributed by atoms with Gasteiger partial charge in [0.15, 0.2) is 0 Å². The first-order valence-electron chi connectivity index (χ1n) is 8.02. The summed E-state index contributed by atoms with van der Waals surface area (Å²) in [4.78, 5) is 14.4. The molecule has 1 amide bonds. The van der Waals surface area contributed by atoms with Gasteiger partial charge in [-0.05, 0) is 43.7 Å². The molecule has 2 rings (SSSR count). The fraction of sp³-hybridized carbons (Fsp3) is 0.200. The first kappa shape index (κ1) is 18.1. The van der Waals surface area contributed by atoms with Crippen molar-refractivity contribution in [3.05, 3.63) is 71.9 Å². The number of hydrogen-bond donors (Lipinski definition) is 2. The molecular formula is C20H21N3O2. The smallest absolute Gasteiger partial charge is 0.266 e. The number of phenols is 1. The summed E-state index contributed by atoms with van der Waals surface area (Å²) in [6.45, 7) is 4.28. The van der Waals surface area contributed by atoms with Gasteiger partial charge in [-0.2, -0.15) is 5.26 Å². The van der Waals surface area contributed by atoms with Crippen LogP contribution in [0, 0.1) is 11.3 Å². The van der Waals surface area contributed by atoms with Crippen molar-refractivity contribution in [3.8, 4) is 11.8 Å². The highest BCUT2D eigenvalue weighted by Crippen LogP contribution is 2.15. The maximum absolute atomic E-state index is 12.8. The number of carbonyl (C=O) groups is 1. The number of benzene rings is 2. The average Bonchev–Trinajstić information content (AvgIpc) is 2.62. The standard InChI is InChI=1S/C20H21N3O2/c1-15(2)23(14-16-6-4-3-5-7-16)20(25)17(12-21)13-22-18-8-10-19(24)11-9-18/h3-11,13,15,22,24H,14H2,1-2H3/b17-13-. The first-order chi connectivity index (χ1) is 12.0. The van der Waals surface area contributed by atoms with Crippen LogP contribution in [0.2, 0.25) is 0 Å². The van der Waals surface area contributed by atoms with Crippen molar-refractivity contribution in [3.63, 3.8) is 0 Å². The lowest BCUT2D eigenvalue weighted by molar-refractivity contribution is -0.129. The zero-order valence-corrected chi connectivity index (χ0v) is 14.3. The number of nitrogens with zero attached hydrogens (tertiary/aromatic N) is 2. The second-order valence-electron chi connectivity index (χ2n) is 5.87. The van der Waals surface area contributed by atoms with Crippen molar-refractivity contribution in [1.82, 2.24) is 4.90 Å². The Morgan fingerprint density at radius 1 is 1.20 bits per heavy atom. The molecule has 0 aromatic heterocycles. The highest BCUT2D eigenvalue weighted by Gasteiger charge is 2.21. The van der Waals surface area contributed by atoms with Crippen LogP contribution in [0.5, 0.6) is 5.75 Å². The highest BCUT2D eigenvalue weighted by molar-refractivity contribution is 5.97. The molecule has 128 valence electrons. The normalized spacial score (nSPS) is 11.0. The van der Waals surface area contributed by atoms with Crippen LogP contribution in [0.25, 0.3) is 0 Å². The van der Waals surface area contributed by atoms with Gasteiger partial charge in [0, 0.05) is 24.5 Å². The largest absolute Gasteiger partial charge is 0.508 e. The van der Waals surface area contributed by atoms with Gasteiger partial charge in [-0.3, -0.25) is 4.79 Å². The minimum atomic E-state index is -0.326. The molecule has 5 nitrogen and oxygen atoms in total. The molecule has 0 heterocycles. The number of phenolic OH excluding ortho intramolecular Hbond substituents is 1. The van der Waals surface area contributed by atoms with E-state index < -0.39 is 0 Å². The number of nitrogens with one attached hydrogen (secondary N) is 1. The van der Waals surface area contributed by atoms with Crippen molar-refractivity contribution < 1.29 is 9.90 Å². The fourth-order valence-corrected chi connectivity index (χ4v) is 2.28. The quantitative estimate of drug-likeness (QED) is 0.480. The Kier molecular flexibility index (Phi) is 6.19. The first-order valence-corrected chi connectivity index (χ1v) is 8.02. The molecule has 0 saturated carbocycles. The van der Waals surface area contributed by atoms with Crippen LogP contribution in [0.4, 0.5) is 5.69 Å². The van der Waals surface area contributed by atoms with E-state index in [1.165, 1.54) is 18.3 Å². The predicted octanol–water partition coefficient (Wildman–Crippen LogP) is 3.65. The summed E-state index contributed by atoms with van der Waals surface area (Å²) in [5, 5.41) is 21.6. The number of aromatic hydroxyl groups is 1. The van der Waals surface area contributed by atoms with Crippen molar-refractivity contribution >= 4 is 11.6 Å². The van der Waals surface area contributed by atoms with Gasteiger partial charge in [0.25, 0.3) is 5.91 Å². The number of amides is 1. The van der Waals surface area contributed by atoms with Gasteiger partial charge in [-0.15, -0.1) is 0 Å². The molecule has 0 atom stereocenters. The van der Waals surface area contributed by atoms with Crippen LogP contribution in [0.15, 0.2) is 66.4 Å². The third-order valence-corrected chi connectivity index (χ3v) is 3.68. The molecule has 0 bridgehead atoms. The molecule has 0 aliphatic carbocycles. The van der Waals surface area contributed by atoms with E-state index in [1.54, 1.807) is 17.0 Å². The molecule has 2 aromatic rings. The summed E-state index contributed by atoms with van der Waals surface area (Å²) >= 11 is 0. The number of nitriles is 1. The third kappa shape index (κ3) is 5.11. The molecule has 0 aliphatic heterocycles. The molecule has 0 fully saturated rings. The number of anilines is 1. The minimum absolute atomic E-state index is 0.0257. The van der Waals surface area contributed by atoms with Crippen LogP contribution in [0.3, 0.4) is 0 Å². The SMILES string of the molecule is CC(C)N(Cc1ccccc1)C(=O)/C(C#N)=C\Nc1ccc(O)cc1.